The van der Waals surface area contributed by atoms with Gasteiger partial charge in [-0.3, -0.25) is 0 Å². The molecule has 6 heterocycles. The second kappa shape index (κ2) is 26.8. The van der Waals surface area contributed by atoms with Crippen molar-refractivity contribution in [2.75, 3.05) is 0 Å². The van der Waals surface area contributed by atoms with Gasteiger partial charge in [0.15, 0.2) is 11.6 Å². The van der Waals surface area contributed by atoms with Gasteiger partial charge in [-0.25, -0.2) is 0 Å². The van der Waals surface area contributed by atoms with Crippen molar-refractivity contribution in [2.45, 2.75) is 343 Å². The van der Waals surface area contributed by atoms with E-state index in [1.807, 2.05) is 0 Å². The summed E-state index contributed by atoms with van der Waals surface area (Å²) in [6.45, 7) is 37.6. The summed E-state index contributed by atoms with van der Waals surface area (Å²) in [5.41, 5.74) is 11.6. The number of rotatable bonds is 8. The van der Waals surface area contributed by atoms with Gasteiger partial charge in [-0.1, -0.05) is 166 Å². The van der Waals surface area contributed by atoms with Crippen LogP contribution in [0.4, 0.5) is 0 Å². The largest absolute Gasteiger partial charge is 0.344 e. The monoisotopic (exact) mass is 1100 g/mol. The van der Waals surface area contributed by atoms with Crippen molar-refractivity contribution in [3.8, 4) is 0 Å². The topological polar surface area (TPSA) is 36.9 Å². The van der Waals surface area contributed by atoms with Gasteiger partial charge in [-0.2, -0.15) is 0 Å². The van der Waals surface area contributed by atoms with Crippen LogP contribution in [0.15, 0.2) is 0 Å². The first-order chi connectivity index (χ1) is 31.2. The second-order valence-electron chi connectivity index (χ2n) is 26.0. The SMILES string of the molecule is CC(C)C1CCC(C(C)C)P1C1CCCC1.CC(C)C1CCC(C(C)C)P1C1CCCC1.CC1C2OC(C)(C)OC2C(C)P1C1CCCC1.CC1C2OC(C)(C)OC2C(C)P1C1CCCC1.[Fe].[Fe]. The molecule has 12 atom stereocenters. The molecule has 0 amide bonds. The third-order valence-electron chi connectivity index (χ3n) is 19.2. The third-order valence-corrected chi connectivity index (χ3v) is 36.1. The van der Waals surface area contributed by atoms with Crippen LogP contribution in [-0.2, 0) is 53.1 Å². The average Bonchev–Trinajstić information content (AvgIpc) is 4.09. The number of ether oxygens (including phenoxy) is 4. The van der Waals surface area contributed by atoms with Crippen LogP contribution in [0.2, 0.25) is 0 Å². The van der Waals surface area contributed by atoms with E-state index in [4.69, 9.17) is 18.9 Å². The molecular weight excluding hydrogens is 996 g/mol. The smallest absolute Gasteiger partial charge is 0.163 e. The van der Waals surface area contributed by atoms with E-state index in [1.165, 1.54) is 77.0 Å². The summed E-state index contributed by atoms with van der Waals surface area (Å²) in [5.74, 6) is 3.06. The summed E-state index contributed by atoms with van der Waals surface area (Å²) >= 11 is 0. The molecule has 6 aliphatic heterocycles. The molecule has 12 unspecified atom stereocenters. The van der Waals surface area contributed by atoms with E-state index < -0.39 is 0 Å². The Kier molecular flexibility index (Phi) is 24.2. The van der Waals surface area contributed by atoms with Crippen molar-refractivity contribution in [1.29, 1.82) is 0 Å². The van der Waals surface area contributed by atoms with Gasteiger partial charge < -0.3 is 18.9 Å². The molecule has 0 bridgehead atoms. The Morgan fingerprint density at radius 1 is 0.309 bits per heavy atom. The molecule has 10 fully saturated rings. The predicted octanol–water partition coefficient (Wildman–Crippen LogP) is 17.9. The maximum Gasteiger partial charge on any atom is 0.163 e. The first-order valence-electron chi connectivity index (χ1n) is 29.0. The van der Waals surface area contributed by atoms with Crippen molar-refractivity contribution in [2.24, 2.45) is 23.7 Å². The van der Waals surface area contributed by atoms with E-state index in [1.54, 1.807) is 51.4 Å². The fraction of sp³-hybridized carbons (Fsp3) is 1.00. The van der Waals surface area contributed by atoms with E-state index in [0.717, 1.165) is 91.6 Å². The zero-order chi connectivity index (χ0) is 47.8. The Hall–Kier alpha value is 2.60. The fourth-order valence-electron chi connectivity index (χ4n) is 16.3. The van der Waals surface area contributed by atoms with Crippen LogP contribution in [0.25, 0.3) is 0 Å². The molecule has 0 aromatic rings. The Morgan fingerprint density at radius 2 is 0.485 bits per heavy atom. The molecule has 0 radical (unpaired) electrons. The molecule has 4 saturated carbocycles. The molecule has 68 heavy (non-hydrogen) atoms. The van der Waals surface area contributed by atoms with Gasteiger partial charge in [-0.15, -0.1) is 0 Å². The van der Waals surface area contributed by atoms with E-state index in [2.05, 4.69) is 111 Å². The predicted molar refractivity (Wildman–Crippen MR) is 295 cm³/mol. The normalized spacial score (nSPS) is 42.2. The molecule has 0 aromatic carbocycles. The van der Waals surface area contributed by atoms with Crippen LogP contribution in [0.5, 0.6) is 0 Å². The molecule has 10 heteroatoms. The molecular formula is C58H108Fe2O4P4. The standard InChI is InChI=1S/2C15H29P.2C14H25O2P.2Fe/c2*1-11(2)14-9-10-15(12(3)4)16(14)13-7-5-6-8-13;2*1-9-12-13(16-14(3,4)15-12)10(2)17(9)11-7-5-6-8-11;;/h2*11-15H,5-10H2,1-4H3;2*9-13H,5-8H2,1-4H3;;. The number of hydrogen-bond donors (Lipinski definition) is 0. The maximum absolute atomic E-state index is 6.14. The zero-order valence-corrected chi connectivity index (χ0v) is 52.6. The fourth-order valence-corrected chi connectivity index (χ4v) is 34.2. The van der Waals surface area contributed by atoms with E-state index in [9.17, 15) is 0 Å². The molecule has 6 saturated heterocycles. The summed E-state index contributed by atoms with van der Waals surface area (Å²) in [4.78, 5) is 0. The zero-order valence-electron chi connectivity index (χ0n) is 46.8. The van der Waals surface area contributed by atoms with Crippen LogP contribution in [0, 0.1) is 23.7 Å². The van der Waals surface area contributed by atoms with Crippen LogP contribution < -0.4 is 0 Å². The van der Waals surface area contributed by atoms with Crippen molar-refractivity contribution in [3.63, 3.8) is 0 Å². The van der Waals surface area contributed by atoms with Crippen molar-refractivity contribution < 1.29 is 53.1 Å². The van der Waals surface area contributed by atoms with E-state index >= 15 is 0 Å². The minimum Gasteiger partial charge on any atom is -0.344 e. The van der Waals surface area contributed by atoms with Gasteiger partial charge in [-0.05, 0) is 174 Å². The van der Waals surface area contributed by atoms with Crippen molar-refractivity contribution in [1.82, 2.24) is 0 Å². The summed E-state index contributed by atoms with van der Waals surface area (Å²) in [5, 5.41) is 0. The third kappa shape index (κ3) is 14.2. The first-order valence-corrected chi connectivity index (χ1v) is 35.2. The summed E-state index contributed by atoms with van der Waals surface area (Å²) in [7, 11) is 0.909. The minimum atomic E-state index is -0.352. The molecule has 4 aliphatic carbocycles. The van der Waals surface area contributed by atoms with Crippen LogP contribution in [0.3, 0.4) is 0 Å². The molecule has 0 aromatic heterocycles. The summed E-state index contributed by atoms with van der Waals surface area (Å²) in [6, 6.07) is 0. The molecule has 0 N–H and O–H groups in total. The summed E-state index contributed by atoms with van der Waals surface area (Å²) < 4.78 is 24.6. The number of hydrogen-bond acceptors (Lipinski definition) is 4. The van der Waals surface area contributed by atoms with Crippen LogP contribution >= 0.6 is 31.7 Å². The van der Waals surface area contributed by atoms with Gasteiger partial charge in [0.05, 0.1) is 24.4 Å². The summed E-state index contributed by atoms with van der Waals surface area (Å²) in [6.07, 6.45) is 31.7. The Balaban J connectivity index is 0.000000168. The molecule has 10 rings (SSSR count). The molecule has 0 spiro atoms. The average molecular weight is 1110 g/mol. The van der Waals surface area contributed by atoms with E-state index in [0.29, 0.717) is 40.3 Å². The molecule has 400 valence electrons. The Labute approximate surface area is 448 Å². The first kappa shape index (κ1) is 61.5. The van der Waals surface area contributed by atoms with Crippen LogP contribution in [0.1, 0.15) is 239 Å². The van der Waals surface area contributed by atoms with Gasteiger partial charge in [0.25, 0.3) is 0 Å². The minimum absolute atomic E-state index is 0. The van der Waals surface area contributed by atoms with Crippen molar-refractivity contribution >= 4 is 31.7 Å². The Bertz CT molecular complexity index is 1300. The second-order valence-corrected chi connectivity index (χ2v) is 38.4. The van der Waals surface area contributed by atoms with Crippen LogP contribution in [-0.4, -0.2) is 104 Å². The molecule has 4 nitrogen and oxygen atoms in total. The quantitative estimate of drug-likeness (QED) is 0.179. The molecule has 10 aliphatic rings. The van der Waals surface area contributed by atoms with Gasteiger partial charge in [0, 0.05) is 56.8 Å². The Morgan fingerprint density at radius 3 is 0.662 bits per heavy atom. The van der Waals surface area contributed by atoms with Gasteiger partial charge in [0.2, 0.25) is 0 Å². The van der Waals surface area contributed by atoms with E-state index in [-0.39, 0.29) is 61.6 Å². The number of fused-ring (bicyclic) bond motifs is 2. The van der Waals surface area contributed by atoms with Gasteiger partial charge >= 0.3 is 0 Å². The van der Waals surface area contributed by atoms with Gasteiger partial charge in [0.1, 0.15) is 0 Å². The van der Waals surface area contributed by atoms with Crippen molar-refractivity contribution in [3.05, 3.63) is 0 Å². The maximum atomic E-state index is 6.14.